The number of carbonyl (C=O) groups is 1. The predicted molar refractivity (Wildman–Crippen MR) is 78.0 cm³/mol. The first-order chi connectivity index (χ1) is 9.46. The molecule has 2 aromatic heterocycles. The molecule has 0 saturated carbocycles. The zero-order valence-electron chi connectivity index (χ0n) is 11.7. The molecule has 108 valence electrons. The summed E-state index contributed by atoms with van der Waals surface area (Å²) in [6.07, 6.45) is 2.39. The lowest BCUT2D eigenvalue weighted by atomic mass is 9.97. The van der Waals surface area contributed by atoms with Crippen molar-refractivity contribution in [1.82, 2.24) is 19.9 Å². The van der Waals surface area contributed by atoms with Crippen LogP contribution in [0, 0.1) is 0 Å². The molecule has 0 aliphatic heterocycles. The fourth-order valence-electron chi connectivity index (χ4n) is 1.99. The zero-order valence-corrected chi connectivity index (χ0v) is 12.5. The molecule has 0 saturated heterocycles. The highest BCUT2D eigenvalue weighted by atomic mass is 32.2. The fourth-order valence-corrected chi connectivity index (χ4v) is 3.13. The van der Waals surface area contributed by atoms with Gasteiger partial charge >= 0.3 is 5.97 Å². The van der Waals surface area contributed by atoms with Gasteiger partial charge in [-0.25, -0.2) is 0 Å². The molecule has 2 aromatic rings. The Labute approximate surface area is 121 Å². The number of thioether (sulfide) groups is 1. The van der Waals surface area contributed by atoms with Gasteiger partial charge in [0.1, 0.15) is 5.54 Å². The first kappa shape index (κ1) is 14.8. The summed E-state index contributed by atoms with van der Waals surface area (Å²) in [5, 5.41) is 21.2. The Morgan fingerprint density at radius 3 is 2.95 bits per heavy atom. The standard InChI is InChI=1S/C13H18N4O2S/c1-9(8-13(2,14-3)11(18)19)20-12-16-15-10-6-4-5-7-17(10)12/h4-7,9,14H,8H2,1-3H3,(H,18,19). The fraction of sp³-hybridized carbons (Fsp3) is 0.462. The summed E-state index contributed by atoms with van der Waals surface area (Å²) in [5.41, 5.74) is -0.149. The Kier molecular flexibility index (Phi) is 4.29. The normalized spacial score (nSPS) is 15.9. The van der Waals surface area contributed by atoms with Crippen molar-refractivity contribution in [3.63, 3.8) is 0 Å². The quantitative estimate of drug-likeness (QED) is 0.789. The van der Waals surface area contributed by atoms with Crippen molar-refractivity contribution >= 4 is 23.4 Å². The first-order valence-corrected chi connectivity index (χ1v) is 7.23. The minimum absolute atomic E-state index is 0.0937. The Balaban J connectivity index is 2.12. The van der Waals surface area contributed by atoms with E-state index in [4.69, 9.17) is 0 Å². The van der Waals surface area contributed by atoms with E-state index in [9.17, 15) is 9.90 Å². The second kappa shape index (κ2) is 5.80. The van der Waals surface area contributed by atoms with Gasteiger partial charge in [0, 0.05) is 11.4 Å². The van der Waals surface area contributed by atoms with Crippen molar-refractivity contribution in [2.45, 2.75) is 36.2 Å². The van der Waals surface area contributed by atoms with E-state index >= 15 is 0 Å². The van der Waals surface area contributed by atoms with E-state index in [0.29, 0.717) is 6.42 Å². The minimum Gasteiger partial charge on any atom is -0.480 e. The summed E-state index contributed by atoms with van der Waals surface area (Å²) in [6.45, 7) is 3.68. The third-order valence-electron chi connectivity index (χ3n) is 3.31. The van der Waals surface area contributed by atoms with Gasteiger partial charge in [-0.2, -0.15) is 0 Å². The van der Waals surface area contributed by atoms with Gasteiger partial charge in [-0.05, 0) is 32.5 Å². The molecular formula is C13H18N4O2S. The van der Waals surface area contributed by atoms with Gasteiger partial charge in [-0.15, -0.1) is 10.2 Å². The molecule has 7 heteroatoms. The average molecular weight is 294 g/mol. The second-order valence-electron chi connectivity index (χ2n) is 4.93. The van der Waals surface area contributed by atoms with Crippen molar-refractivity contribution in [3.8, 4) is 0 Å². The van der Waals surface area contributed by atoms with Gasteiger partial charge in [-0.1, -0.05) is 24.8 Å². The van der Waals surface area contributed by atoms with E-state index in [1.807, 2.05) is 35.7 Å². The number of aliphatic carboxylic acids is 1. The molecule has 2 unspecified atom stereocenters. The van der Waals surface area contributed by atoms with Crippen LogP contribution in [0.2, 0.25) is 0 Å². The van der Waals surface area contributed by atoms with Crippen molar-refractivity contribution in [2.24, 2.45) is 0 Å². The highest BCUT2D eigenvalue weighted by Crippen LogP contribution is 2.27. The van der Waals surface area contributed by atoms with Gasteiger partial charge in [0.2, 0.25) is 0 Å². The van der Waals surface area contributed by atoms with Crippen molar-refractivity contribution in [3.05, 3.63) is 24.4 Å². The van der Waals surface area contributed by atoms with Crippen LogP contribution in [0.15, 0.2) is 29.6 Å². The van der Waals surface area contributed by atoms with Crippen LogP contribution in [0.25, 0.3) is 5.65 Å². The third-order valence-corrected chi connectivity index (χ3v) is 4.37. The summed E-state index contributed by atoms with van der Waals surface area (Å²) in [4.78, 5) is 11.3. The van der Waals surface area contributed by atoms with Crippen molar-refractivity contribution in [1.29, 1.82) is 0 Å². The maximum Gasteiger partial charge on any atom is 0.323 e. The number of nitrogens with one attached hydrogen (secondary N) is 1. The van der Waals surface area contributed by atoms with Gasteiger partial charge in [0.15, 0.2) is 10.8 Å². The summed E-state index contributed by atoms with van der Waals surface area (Å²) in [6, 6.07) is 5.71. The number of pyridine rings is 1. The van der Waals surface area contributed by atoms with Gasteiger partial charge in [0.25, 0.3) is 0 Å². The Hall–Kier alpha value is -1.60. The lowest BCUT2D eigenvalue weighted by Crippen LogP contribution is -2.49. The van der Waals surface area contributed by atoms with Crippen LogP contribution in [-0.2, 0) is 4.79 Å². The Bertz CT molecular complexity index is 615. The van der Waals surface area contributed by atoms with Gasteiger partial charge in [-0.3, -0.25) is 9.20 Å². The SMILES string of the molecule is CNC(C)(CC(C)Sc1nnc2ccccn12)C(=O)O. The van der Waals surface area contributed by atoms with Crippen LogP contribution in [0.4, 0.5) is 0 Å². The smallest absolute Gasteiger partial charge is 0.323 e. The number of fused-ring (bicyclic) bond motifs is 1. The topological polar surface area (TPSA) is 79.5 Å². The van der Waals surface area contributed by atoms with E-state index in [1.54, 1.807) is 14.0 Å². The number of hydrogen-bond acceptors (Lipinski definition) is 5. The summed E-state index contributed by atoms with van der Waals surface area (Å²) in [7, 11) is 1.66. The molecule has 2 N–H and O–H groups in total. The van der Waals surface area contributed by atoms with Crippen LogP contribution in [0.3, 0.4) is 0 Å². The molecule has 0 spiro atoms. The summed E-state index contributed by atoms with van der Waals surface area (Å²) < 4.78 is 1.90. The number of rotatable bonds is 6. The molecule has 6 nitrogen and oxygen atoms in total. The summed E-state index contributed by atoms with van der Waals surface area (Å²) in [5.74, 6) is -0.849. The molecule has 0 aliphatic carbocycles. The highest BCUT2D eigenvalue weighted by molar-refractivity contribution is 7.99. The molecule has 2 heterocycles. The van der Waals surface area contributed by atoms with Crippen LogP contribution in [0.5, 0.6) is 0 Å². The van der Waals surface area contributed by atoms with Crippen LogP contribution in [-0.4, -0.2) is 43.5 Å². The van der Waals surface area contributed by atoms with Crippen molar-refractivity contribution in [2.75, 3.05) is 7.05 Å². The molecule has 20 heavy (non-hydrogen) atoms. The van der Waals surface area contributed by atoms with Gasteiger partial charge < -0.3 is 10.4 Å². The molecule has 0 aromatic carbocycles. The predicted octanol–water partition coefficient (Wildman–Crippen LogP) is 1.66. The third kappa shape index (κ3) is 2.94. The first-order valence-electron chi connectivity index (χ1n) is 6.35. The van der Waals surface area contributed by atoms with E-state index < -0.39 is 11.5 Å². The molecule has 0 radical (unpaired) electrons. The van der Waals surface area contributed by atoms with E-state index in [2.05, 4.69) is 15.5 Å². The lowest BCUT2D eigenvalue weighted by Gasteiger charge is -2.26. The molecule has 2 rings (SSSR count). The molecular weight excluding hydrogens is 276 g/mol. The zero-order chi connectivity index (χ0) is 14.8. The number of carboxylic acids is 1. The van der Waals surface area contributed by atoms with Crippen LogP contribution < -0.4 is 5.32 Å². The monoisotopic (exact) mass is 294 g/mol. The second-order valence-corrected chi connectivity index (χ2v) is 6.34. The number of likely N-dealkylation sites (N-methyl/N-ethyl adjacent to an activating group) is 1. The molecule has 2 atom stereocenters. The molecule has 0 aliphatic rings. The largest absolute Gasteiger partial charge is 0.480 e. The number of hydrogen-bond donors (Lipinski definition) is 2. The van der Waals surface area contributed by atoms with Crippen LogP contribution in [0.1, 0.15) is 20.3 Å². The maximum absolute atomic E-state index is 11.3. The Morgan fingerprint density at radius 1 is 1.55 bits per heavy atom. The Morgan fingerprint density at radius 2 is 2.30 bits per heavy atom. The molecule has 0 amide bonds. The number of aromatic nitrogens is 3. The number of nitrogens with zero attached hydrogens (tertiary/aromatic N) is 3. The minimum atomic E-state index is -0.938. The lowest BCUT2D eigenvalue weighted by molar-refractivity contribution is -0.144. The van der Waals surface area contributed by atoms with Gasteiger partial charge in [0.05, 0.1) is 0 Å². The maximum atomic E-state index is 11.3. The average Bonchev–Trinajstić information content (AvgIpc) is 2.82. The van der Waals surface area contributed by atoms with Crippen molar-refractivity contribution < 1.29 is 9.90 Å². The highest BCUT2D eigenvalue weighted by Gasteiger charge is 2.33. The molecule has 0 bridgehead atoms. The number of carboxylic acid groups (broad SMARTS) is 1. The molecule has 0 fully saturated rings. The van der Waals surface area contributed by atoms with Crippen LogP contribution >= 0.6 is 11.8 Å². The van der Waals surface area contributed by atoms with E-state index in [0.717, 1.165) is 10.8 Å². The summed E-state index contributed by atoms with van der Waals surface area (Å²) >= 11 is 1.53. The van der Waals surface area contributed by atoms with E-state index in [1.165, 1.54) is 11.8 Å². The van der Waals surface area contributed by atoms with E-state index in [-0.39, 0.29) is 5.25 Å².